The number of thiazole rings is 1. The molecular weight excluding hydrogens is 553 g/mol. The molecule has 8 nitrogen and oxygen atoms in total. The summed E-state index contributed by atoms with van der Waals surface area (Å²) in [6.45, 7) is 1.96. The van der Waals surface area contributed by atoms with Crippen LogP contribution in [0.25, 0.3) is 0 Å². The first-order chi connectivity index (χ1) is 19.0. The van der Waals surface area contributed by atoms with Gasteiger partial charge in [-0.15, -0.1) is 11.3 Å². The van der Waals surface area contributed by atoms with Gasteiger partial charge in [0.05, 0.1) is 19.1 Å². The Hall–Kier alpha value is -3.15. The molecule has 1 fully saturated rings. The first-order valence-electron chi connectivity index (χ1n) is 13.0. The van der Waals surface area contributed by atoms with Crippen LogP contribution in [0.4, 0.5) is 4.39 Å². The summed E-state index contributed by atoms with van der Waals surface area (Å²) in [5, 5.41) is 0.497. The zero-order valence-corrected chi connectivity index (χ0v) is 24.7. The van der Waals surface area contributed by atoms with Gasteiger partial charge in [0, 0.05) is 31.9 Å². The number of methoxy groups -OCH3 is 1. The molecule has 0 N–H and O–H groups in total. The van der Waals surface area contributed by atoms with Crippen LogP contribution in [0, 0.1) is 6.92 Å². The smallest absolute Gasteiger partial charge is 0.233 e. The third kappa shape index (κ3) is 6.59. The summed E-state index contributed by atoms with van der Waals surface area (Å²) in [5.74, 6) is -0.711. The van der Waals surface area contributed by atoms with Crippen molar-refractivity contribution in [1.82, 2.24) is 14.2 Å². The Morgan fingerprint density at radius 1 is 1.10 bits per heavy atom. The van der Waals surface area contributed by atoms with Crippen molar-refractivity contribution in [2.24, 2.45) is 0 Å². The summed E-state index contributed by atoms with van der Waals surface area (Å²) in [5.41, 5.74) is 0.812. The van der Waals surface area contributed by atoms with Gasteiger partial charge in [0.15, 0.2) is 5.78 Å². The molecule has 0 bridgehead atoms. The summed E-state index contributed by atoms with van der Waals surface area (Å²) in [6, 6.07) is 16.3. The van der Waals surface area contributed by atoms with Gasteiger partial charge >= 0.3 is 0 Å². The molecule has 2 aromatic carbocycles. The highest BCUT2D eigenvalue weighted by Gasteiger charge is 2.53. The van der Waals surface area contributed by atoms with Gasteiger partial charge < -0.3 is 9.64 Å². The molecule has 1 aliphatic carbocycles. The summed E-state index contributed by atoms with van der Waals surface area (Å²) in [4.78, 5) is 33.5. The number of ketones is 1. The van der Waals surface area contributed by atoms with Crippen LogP contribution in [0.15, 0.2) is 54.6 Å². The molecule has 0 saturated heterocycles. The van der Waals surface area contributed by atoms with Crippen molar-refractivity contribution in [3.63, 3.8) is 0 Å². The van der Waals surface area contributed by atoms with E-state index in [1.165, 1.54) is 25.4 Å². The number of carbonyl (C=O) groups is 2. The number of rotatable bonds is 13. The molecule has 0 radical (unpaired) electrons. The van der Waals surface area contributed by atoms with Gasteiger partial charge in [-0.1, -0.05) is 42.5 Å². The number of carbonyl (C=O) groups excluding carboxylic acids is 2. The highest BCUT2D eigenvalue weighted by Crippen LogP contribution is 2.50. The molecular formula is C29H34FN3O5S2. The molecule has 3 aromatic rings. The standard InChI is InChI=1S/C29H34FN3O5S2/c1-20-27(25(34)19-40(36,37)32(2)3)31-26(39-20)18-33(17-14-24(30)21-8-6-5-7-9-21)28(35)29(15-16-29)22-10-12-23(38-4)13-11-22/h5-13,24H,14-19H2,1-4H3. The summed E-state index contributed by atoms with van der Waals surface area (Å²) < 4.78 is 45.9. The second-order valence-corrected chi connectivity index (χ2v) is 13.6. The second-order valence-electron chi connectivity index (χ2n) is 10.2. The predicted molar refractivity (Wildman–Crippen MR) is 153 cm³/mol. The molecule has 1 amide bonds. The average Bonchev–Trinajstić information content (AvgIpc) is 3.67. The maximum absolute atomic E-state index is 15.1. The first-order valence-corrected chi connectivity index (χ1v) is 15.4. The number of benzene rings is 2. The van der Waals surface area contributed by atoms with Crippen molar-refractivity contribution < 1.29 is 27.1 Å². The van der Waals surface area contributed by atoms with Gasteiger partial charge in [0.2, 0.25) is 15.9 Å². The van der Waals surface area contributed by atoms with Crippen molar-refractivity contribution in [3.8, 4) is 5.75 Å². The Kier molecular flexibility index (Phi) is 9.06. The first kappa shape index (κ1) is 29.8. The molecule has 1 unspecified atom stereocenters. The quantitative estimate of drug-likeness (QED) is 0.269. The van der Waals surface area contributed by atoms with Crippen molar-refractivity contribution in [3.05, 3.63) is 81.3 Å². The topological polar surface area (TPSA) is 96.9 Å². The largest absolute Gasteiger partial charge is 0.497 e. The molecule has 214 valence electrons. The highest BCUT2D eigenvalue weighted by atomic mass is 32.2. The average molecular weight is 588 g/mol. The number of ether oxygens (including phenoxy) is 1. The zero-order chi connectivity index (χ0) is 29.1. The Labute approximate surface area is 238 Å². The zero-order valence-electron chi connectivity index (χ0n) is 23.1. The number of alkyl halides is 1. The van der Waals surface area contributed by atoms with E-state index < -0.39 is 33.1 Å². The van der Waals surface area contributed by atoms with E-state index in [-0.39, 0.29) is 31.1 Å². The van der Waals surface area contributed by atoms with E-state index >= 15 is 4.39 Å². The summed E-state index contributed by atoms with van der Waals surface area (Å²) >= 11 is 1.24. The molecule has 4 rings (SSSR count). The van der Waals surface area contributed by atoms with Gasteiger partial charge in [-0.05, 0) is 43.0 Å². The Morgan fingerprint density at radius 3 is 2.33 bits per heavy atom. The predicted octanol–water partition coefficient (Wildman–Crippen LogP) is 4.70. The fourth-order valence-electron chi connectivity index (χ4n) is 4.62. The SMILES string of the molecule is COc1ccc(C2(C(=O)N(CCC(F)c3ccccc3)Cc3nc(C(=O)CS(=O)(=O)N(C)C)c(C)s3)CC2)cc1. The van der Waals surface area contributed by atoms with Crippen molar-refractivity contribution in [2.75, 3.05) is 33.5 Å². The Bertz CT molecular complexity index is 1450. The number of sulfonamides is 1. The Morgan fingerprint density at radius 2 is 1.75 bits per heavy atom. The van der Waals surface area contributed by atoms with E-state index in [1.54, 1.807) is 43.2 Å². The van der Waals surface area contributed by atoms with Crippen molar-refractivity contribution in [2.45, 2.75) is 44.3 Å². The lowest BCUT2D eigenvalue weighted by atomic mass is 9.94. The van der Waals surface area contributed by atoms with Crippen LogP contribution >= 0.6 is 11.3 Å². The van der Waals surface area contributed by atoms with Crippen LogP contribution in [-0.4, -0.2) is 67.8 Å². The third-order valence-electron chi connectivity index (χ3n) is 7.20. The fourth-order valence-corrected chi connectivity index (χ4v) is 6.31. The number of aryl methyl sites for hydroxylation is 1. The lowest BCUT2D eigenvalue weighted by Crippen LogP contribution is -2.40. The number of hydrogen-bond acceptors (Lipinski definition) is 7. The van der Waals surface area contributed by atoms with E-state index in [4.69, 9.17) is 4.74 Å². The van der Waals surface area contributed by atoms with Crippen LogP contribution in [-0.2, 0) is 26.8 Å². The number of halogens is 1. The van der Waals surface area contributed by atoms with E-state index in [1.807, 2.05) is 30.3 Å². The molecule has 1 atom stereocenters. The highest BCUT2D eigenvalue weighted by molar-refractivity contribution is 7.89. The number of aromatic nitrogens is 1. The third-order valence-corrected chi connectivity index (χ3v) is 9.90. The maximum atomic E-state index is 15.1. The van der Waals surface area contributed by atoms with Gasteiger partial charge in [0.1, 0.15) is 28.4 Å². The van der Waals surface area contributed by atoms with Crippen molar-refractivity contribution in [1.29, 1.82) is 0 Å². The van der Waals surface area contributed by atoms with Gasteiger partial charge in [-0.3, -0.25) is 9.59 Å². The van der Waals surface area contributed by atoms with Crippen LogP contribution in [0.5, 0.6) is 5.75 Å². The van der Waals surface area contributed by atoms with Gasteiger partial charge in [-0.2, -0.15) is 0 Å². The van der Waals surface area contributed by atoms with Crippen LogP contribution < -0.4 is 4.74 Å². The lowest BCUT2D eigenvalue weighted by molar-refractivity contribution is -0.134. The monoisotopic (exact) mass is 587 g/mol. The van der Waals surface area contributed by atoms with Crippen molar-refractivity contribution >= 4 is 33.1 Å². The molecule has 0 spiro atoms. The number of nitrogens with zero attached hydrogens (tertiary/aromatic N) is 3. The van der Waals surface area contributed by atoms with Crippen LogP contribution in [0.1, 0.15) is 56.9 Å². The van der Waals surface area contributed by atoms with E-state index in [2.05, 4.69) is 4.98 Å². The number of hydrogen-bond donors (Lipinski definition) is 0. The summed E-state index contributed by atoms with van der Waals surface area (Å²) in [7, 11) is 0.577. The maximum Gasteiger partial charge on any atom is 0.233 e. The molecule has 0 aliphatic heterocycles. The number of Topliss-reactive ketones (excluding diaryl/α,β-unsaturated/α-hetero) is 1. The van der Waals surface area contributed by atoms with E-state index in [9.17, 15) is 18.0 Å². The molecule has 1 aromatic heterocycles. The van der Waals surface area contributed by atoms with Crippen LogP contribution in [0.3, 0.4) is 0 Å². The minimum atomic E-state index is -3.75. The molecule has 1 saturated carbocycles. The normalized spacial score (nSPS) is 15.1. The lowest BCUT2D eigenvalue weighted by Gasteiger charge is -2.28. The number of amides is 1. The molecule has 1 heterocycles. The van der Waals surface area contributed by atoms with E-state index in [0.29, 0.717) is 34.0 Å². The second kappa shape index (κ2) is 12.2. The fraction of sp³-hybridized carbons (Fsp3) is 0.414. The minimum absolute atomic E-state index is 0.0850. The molecule has 1 aliphatic rings. The minimum Gasteiger partial charge on any atom is -0.497 e. The summed E-state index contributed by atoms with van der Waals surface area (Å²) in [6.07, 6.45) is 0.204. The molecule has 40 heavy (non-hydrogen) atoms. The van der Waals surface area contributed by atoms with Gasteiger partial charge in [0.25, 0.3) is 0 Å². The molecule has 11 heteroatoms. The van der Waals surface area contributed by atoms with Crippen LogP contribution in [0.2, 0.25) is 0 Å². The Balaban J connectivity index is 1.58. The van der Waals surface area contributed by atoms with Gasteiger partial charge in [-0.25, -0.2) is 22.1 Å². The van der Waals surface area contributed by atoms with E-state index in [0.717, 1.165) is 9.87 Å².